The largest absolute Gasteiger partial charge is 0.373 e. The second kappa shape index (κ2) is 5.85. The van der Waals surface area contributed by atoms with Gasteiger partial charge in [0.05, 0.1) is 24.4 Å². The first kappa shape index (κ1) is 15.4. The lowest BCUT2D eigenvalue weighted by Gasteiger charge is -2.22. The Morgan fingerprint density at radius 3 is 2.88 bits per heavy atom. The molecule has 4 heteroatoms. The summed E-state index contributed by atoms with van der Waals surface area (Å²) in [5, 5.41) is 2.44. The average Bonchev–Trinajstić information content (AvgIpc) is 3.04. The van der Waals surface area contributed by atoms with E-state index in [9.17, 15) is 0 Å². The predicted octanol–water partition coefficient (Wildman–Crippen LogP) is 4.80. The molecule has 4 aromatic rings. The lowest BCUT2D eigenvalue weighted by atomic mass is 10.1. The van der Waals surface area contributed by atoms with E-state index in [4.69, 9.17) is 4.74 Å². The first-order valence-corrected chi connectivity index (χ1v) is 9.01. The monoisotopic (exact) mass is 343 g/mol. The number of fused-ring (bicyclic) bond motifs is 4. The second-order valence-corrected chi connectivity index (χ2v) is 6.94. The number of benzene rings is 2. The summed E-state index contributed by atoms with van der Waals surface area (Å²) >= 11 is 0. The van der Waals surface area contributed by atoms with E-state index in [1.807, 2.05) is 6.07 Å². The van der Waals surface area contributed by atoms with Crippen molar-refractivity contribution in [2.24, 2.45) is 0 Å². The molecule has 0 bridgehead atoms. The zero-order valence-electron chi connectivity index (χ0n) is 15.1. The molecule has 0 radical (unpaired) electrons. The van der Waals surface area contributed by atoms with Gasteiger partial charge in [0.1, 0.15) is 0 Å². The van der Waals surface area contributed by atoms with Crippen molar-refractivity contribution in [1.82, 2.24) is 9.55 Å². The summed E-state index contributed by atoms with van der Waals surface area (Å²) in [7, 11) is 2.13. The van der Waals surface area contributed by atoms with Crippen molar-refractivity contribution in [2.75, 3.05) is 18.6 Å². The maximum atomic E-state index is 5.60. The van der Waals surface area contributed by atoms with Gasteiger partial charge in [-0.2, -0.15) is 0 Å². The lowest BCUT2D eigenvalue weighted by Crippen LogP contribution is -2.15. The number of ether oxygens (including phenoxy) is 1. The van der Waals surface area contributed by atoms with E-state index in [-0.39, 0.29) is 0 Å². The Bertz CT molecular complexity index is 1130. The van der Waals surface area contributed by atoms with Crippen LogP contribution in [0, 0.1) is 6.92 Å². The summed E-state index contributed by atoms with van der Waals surface area (Å²) in [6, 6.07) is 19.4. The maximum Gasteiger partial charge on any atom is 0.0869 e. The van der Waals surface area contributed by atoms with Crippen molar-refractivity contribution < 1.29 is 4.74 Å². The van der Waals surface area contributed by atoms with Gasteiger partial charge in [-0.05, 0) is 43.3 Å². The van der Waals surface area contributed by atoms with Crippen molar-refractivity contribution in [2.45, 2.75) is 20.1 Å². The maximum absolute atomic E-state index is 5.60. The van der Waals surface area contributed by atoms with Crippen LogP contribution in [-0.2, 0) is 17.9 Å². The Morgan fingerprint density at radius 2 is 1.96 bits per heavy atom. The molecular weight excluding hydrogens is 322 g/mol. The fourth-order valence-corrected chi connectivity index (χ4v) is 3.94. The van der Waals surface area contributed by atoms with Crippen LogP contribution in [0.1, 0.15) is 11.4 Å². The summed E-state index contributed by atoms with van der Waals surface area (Å²) in [5.74, 6) is 0. The van der Waals surface area contributed by atoms with Gasteiger partial charge in [0.15, 0.2) is 0 Å². The molecule has 0 atom stereocenters. The van der Waals surface area contributed by atoms with Crippen LogP contribution in [-0.4, -0.2) is 23.2 Å². The van der Waals surface area contributed by atoms with Gasteiger partial charge in [-0.25, -0.2) is 0 Å². The van der Waals surface area contributed by atoms with E-state index in [1.165, 1.54) is 33.4 Å². The molecule has 0 N–H and O–H groups in total. The minimum absolute atomic E-state index is 0.702. The smallest absolute Gasteiger partial charge is 0.0869 e. The van der Waals surface area contributed by atoms with E-state index < -0.39 is 0 Å². The third-order valence-corrected chi connectivity index (χ3v) is 5.25. The van der Waals surface area contributed by atoms with Crippen LogP contribution in [0.15, 0.2) is 54.6 Å². The Balaban J connectivity index is 1.64. The van der Waals surface area contributed by atoms with E-state index in [0.29, 0.717) is 6.61 Å². The number of hydrogen-bond donors (Lipinski definition) is 0. The molecule has 26 heavy (non-hydrogen) atoms. The van der Waals surface area contributed by atoms with Gasteiger partial charge >= 0.3 is 0 Å². The molecule has 0 amide bonds. The van der Waals surface area contributed by atoms with Crippen LogP contribution in [0.5, 0.6) is 0 Å². The fourth-order valence-electron chi connectivity index (χ4n) is 3.94. The van der Waals surface area contributed by atoms with E-state index >= 15 is 0 Å². The quantitative estimate of drug-likeness (QED) is 0.524. The van der Waals surface area contributed by atoms with Crippen molar-refractivity contribution in [3.63, 3.8) is 0 Å². The molecule has 0 unspecified atom stereocenters. The molecule has 5 rings (SSSR count). The van der Waals surface area contributed by atoms with Gasteiger partial charge in [0.25, 0.3) is 0 Å². The SMILES string of the molecule is Cc1cc(N(C)c2ccc3c(c2)cc2n3CCOC2)c2ccccc2n1. The Labute approximate surface area is 152 Å². The number of pyridine rings is 1. The first-order chi connectivity index (χ1) is 12.7. The zero-order valence-corrected chi connectivity index (χ0v) is 15.1. The molecule has 1 aliphatic rings. The third kappa shape index (κ3) is 2.37. The molecule has 0 fully saturated rings. The Hall–Kier alpha value is -2.85. The molecule has 2 aromatic heterocycles. The highest BCUT2D eigenvalue weighted by atomic mass is 16.5. The average molecular weight is 343 g/mol. The topological polar surface area (TPSA) is 30.3 Å². The summed E-state index contributed by atoms with van der Waals surface area (Å²) in [6.07, 6.45) is 0. The van der Waals surface area contributed by atoms with E-state index in [0.717, 1.165) is 24.4 Å². The van der Waals surface area contributed by atoms with Crippen LogP contribution < -0.4 is 4.90 Å². The minimum atomic E-state index is 0.702. The molecule has 0 saturated heterocycles. The second-order valence-electron chi connectivity index (χ2n) is 6.94. The number of nitrogens with zero attached hydrogens (tertiary/aromatic N) is 3. The highest BCUT2D eigenvalue weighted by Gasteiger charge is 2.15. The van der Waals surface area contributed by atoms with Crippen molar-refractivity contribution >= 4 is 33.2 Å². The fraction of sp³-hybridized carbons (Fsp3) is 0.227. The first-order valence-electron chi connectivity index (χ1n) is 9.01. The highest BCUT2D eigenvalue weighted by Crippen LogP contribution is 2.33. The minimum Gasteiger partial charge on any atom is -0.373 e. The van der Waals surface area contributed by atoms with Crippen molar-refractivity contribution in [3.8, 4) is 0 Å². The number of anilines is 2. The predicted molar refractivity (Wildman–Crippen MR) is 106 cm³/mol. The van der Waals surface area contributed by atoms with Crippen LogP contribution in [0.25, 0.3) is 21.8 Å². The van der Waals surface area contributed by atoms with E-state index in [2.05, 4.69) is 77.0 Å². The van der Waals surface area contributed by atoms with Crippen molar-refractivity contribution in [3.05, 3.63) is 66.0 Å². The van der Waals surface area contributed by atoms with Crippen LogP contribution in [0.2, 0.25) is 0 Å². The summed E-state index contributed by atoms with van der Waals surface area (Å²) in [6.45, 7) is 4.48. The molecule has 3 heterocycles. The lowest BCUT2D eigenvalue weighted by molar-refractivity contribution is 0.0865. The molecule has 4 nitrogen and oxygen atoms in total. The van der Waals surface area contributed by atoms with Gasteiger partial charge in [-0.1, -0.05) is 18.2 Å². The summed E-state index contributed by atoms with van der Waals surface area (Å²) in [4.78, 5) is 6.92. The molecule has 0 saturated carbocycles. The highest BCUT2D eigenvalue weighted by molar-refractivity contribution is 5.95. The zero-order chi connectivity index (χ0) is 17.7. The van der Waals surface area contributed by atoms with Crippen LogP contribution in [0.4, 0.5) is 11.4 Å². The Kier molecular flexibility index (Phi) is 3.47. The number of hydrogen-bond acceptors (Lipinski definition) is 3. The van der Waals surface area contributed by atoms with E-state index in [1.54, 1.807) is 0 Å². The van der Waals surface area contributed by atoms with Gasteiger partial charge in [-0.3, -0.25) is 4.98 Å². The van der Waals surface area contributed by atoms with Gasteiger partial charge in [0, 0.05) is 47.0 Å². The Morgan fingerprint density at radius 1 is 1.08 bits per heavy atom. The number of rotatable bonds is 2. The van der Waals surface area contributed by atoms with Gasteiger partial charge < -0.3 is 14.2 Å². The van der Waals surface area contributed by atoms with Gasteiger partial charge in [-0.15, -0.1) is 0 Å². The van der Waals surface area contributed by atoms with Crippen LogP contribution in [0.3, 0.4) is 0 Å². The number of para-hydroxylation sites is 1. The molecule has 0 spiro atoms. The molecule has 2 aromatic carbocycles. The third-order valence-electron chi connectivity index (χ3n) is 5.25. The molecule has 130 valence electrons. The normalized spacial score (nSPS) is 13.9. The van der Waals surface area contributed by atoms with Crippen LogP contribution >= 0.6 is 0 Å². The number of aromatic nitrogens is 2. The van der Waals surface area contributed by atoms with Crippen molar-refractivity contribution in [1.29, 1.82) is 0 Å². The molecule has 1 aliphatic heterocycles. The summed E-state index contributed by atoms with van der Waals surface area (Å²) < 4.78 is 7.97. The number of aryl methyl sites for hydroxylation is 1. The molecule has 0 aliphatic carbocycles. The van der Waals surface area contributed by atoms with Gasteiger partial charge in [0.2, 0.25) is 0 Å². The molecular formula is C22H21N3O. The standard InChI is InChI=1S/C22H21N3O/c1-15-11-22(19-5-3-4-6-20(19)23-15)24(2)17-7-8-21-16(12-17)13-18-14-26-10-9-25(18)21/h3-8,11-13H,9-10,14H2,1-2H3. The summed E-state index contributed by atoms with van der Waals surface area (Å²) in [5.41, 5.74) is 6.97.